The van der Waals surface area contributed by atoms with E-state index in [1.807, 2.05) is 0 Å². The topological polar surface area (TPSA) is 104 Å². The van der Waals surface area contributed by atoms with Crippen molar-refractivity contribution in [3.05, 3.63) is 0 Å². The van der Waals surface area contributed by atoms with E-state index in [-0.39, 0.29) is 6.17 Å². The molecule has 0 aliphatic rings. The molecule has 0 unspecified atom stereocenters. The third-order valence-corrected chi connectivity index (χ3v) is 1.28. The molecule has 0 radical (unpaired) electrons. The summed E-state index contributed by atoms with van der Waals surface area (Å²) in [7, 11) is 0. The van der Waals surface area contributed by atoms with Gasteiger partial charge in [-0.2, -0.15) is 0 Å². The fourth-order valence-electron chi connectivity index (χ4n) is 0.622. The molecule has 0 spiro atoms. The van der Waals surface area contributed by atoms with Crippen molar-refractivity contribution in [3.63, 3.8) is 0 Å². The zero-order chi connectivity index (χ0) is 9.82. The van der Waals surface area contributed by atoms with Crippen molar-refractivity contribution in [2.45, 2.75) is 38.8 Å². The van der Waals surface area contributed by atoms with Gasteiger partial charge in [-0.15, -0.1) is 0 Å². The van der Waals surface area contributed by atoms with Crippen molar-refractivity contribution < 1.29 is 0 Å². The Hall–Kier alpha value is -0.160. The first kappa shape index (κ1) is 14.4. The minimum atomic E-state index is -0.102. The highest BCUT2D eigenvalue weighted by atomic mass is 14.8. The average Bonchev–Trinajstić information content (AvgIpc) is 2.02. The van der Waals surface area contributed by atoms with E-state index in [2.05, 4.69) is 6.92 Å². The number of rotatable bonds is 5. The van der Waals surface area contributed by atoms with Crippen molar-refractivity contribution in [2.75, 3.05) is 13.1 Å². The van der Waals surface area contributed by atoms with Crippen LogP contribution in [0.2, 0.25) is 0 Å². The third-order valence-electron chi connectivity index (χ3n) is 1.28. The lowest BCUT2D eigenvalue weighted by molar-refractivity contribution is 0.627. The summed E-state index contributed by atoms with van der Waals surface area (Å²) in [4.78, 5) is 0. The van der Waals surface area contributed by atoms with Gasteiger partial charge in [0.15, 0.2) is 0 Å². The van der Waals surface area contributed by atoms with Crippen LogP contribution in [0.4, 0.5) is 0 Å². The van der Waals surface area contributed by atoms with Crippen LogP contribution in [0.5, 0.6) is 0 Å². The lowest BCUT2D eigenvalue weighted by atomic mass is 10.3. The number of unbranched alkanes of at least 4 members (excludes halogenated alkanes) is 1. The molecule has 0 saturated heterocycles. The summed E-state index contributed by atoms with van der Waals surface area (Å²) in [5.41, 5.74) is 20.7. The molecule has 0 aromatic heterocycles. The van der Waals surface area contributed by atoms with Crippen LogP contribution in [0.1, 0.15) is 32.6 Å². The van der Waals surface area contributed by atoms with Crippen LogP contribution in [0.3, 0.4) is 0 Å². The van der Waals surface area contributed by atoms with Crippen LogP contribution in [-0.4, -0.2) is 19.3 Å². The van der Waals surface area contributed by atoms with E-state index in [0.29, 0.717) is 0 Å². The van der Waals surface area contributed by atoms with Gasteiger partial charge in [0, 0.05) is 0 Å². The normalized spacial score (nSPS) is 9.50. The molecule has 4 heteroatoms. The minimum Gasteiger partial charge on any atom is -0.330 e. The van der Waals surface area contributed by atoms with Crippen LogP contribution in [0.15, 0.2) is 0 Å². The lowest BCUT2D eigenvalue weighted by Gasteiger charge is -1.97. The molecule has 8 N–H and O–H groups in total. The SMILES string of the molecule is CCCC(N)N.NCCCCN. The van der Waals surface area contributed by atoms with Gasteiger partial charge < -0.3 is 22.9 Å². The zero-order valence-electron chi connectivity index (χ0n) is 8.13. The first-order chi connectivity index (χ1) is 5.68. The zero-order valence-corrected chi connectivity index (χ0v) is 8.13. The summed E-state index contributed by atoms with van der Waals surface area (Å²) in [6, 6.07) is 0. The summed E-state index contributed by atoms with van der Waals surface area (Å²) in [6.07, 6.45) is 4.04. The van der Waals surface area contributed by atoms with Gasteiger partial charge in [-0.3, -0.25) is 0 Å². The van der Waals surface area contributed by atoms with E-state index in [9.17, 15) is 0 Å². The molecule has 0 heterocycles. The van der Waals surface area contributed by atoms with Crippen LogP contribution < -0.4 is 22.9 Å². The molecule has 0 bridgehead atoms. The molecule has 0 aromatic rings. The van der Waals surface area contributed by atoms with E-state index in [1.54, 1.807) is 0 Å². The van der Waals surface area contributed by atoms with Gasteiger partial charge in [0.25, 0.3) is 0 Å². The van der Waals surface area contributed by atoms with Crippen LogP contribution in [-0.2, 0) is 0 Å². The van der Waals surface area contributed by atoms with Gasteiger partial charge >= 0.3 is 0 Å². The van der Waals surface area contributed by atoms with Gasteiger partial charge in [0.2, 0.25) is 0 Å². The predicted octanol–water partition coefficient (Wildman–Crippen LogP) is -0.286. The molecule has 0 aliphatic heterocycles. The molecular weight excluding hydrogens is 152 g/mol. The Labute approximate surface area is 75.7 Å². The van der Waals surface area contributed by atoms with Crippen molar-refractivity contribution in [2.24, 2.45) is 22.9 Å². The minimum absolute atomic E-state index is 0.102. The van der Waals surface area contributed by atoms with Crippen molar-refractivity contribution in [1.82, 2.24) is 0 Å². The van der Waals surface area contributed by atoms with Gasteiger partial charge in [-0.05, 0) is 32.4 Å². The number of hydrogen-bond acceptors (Lipinski definition) is 4. The summed E-state index contributed by atoms with van der Waals surface area (Å²) in [5, 5.41) is 0. The molecule has 0 fully saturated rings. The Morgan fingerprint density at radius 1 is 1.00 bits per heavy atom. The molecule has 12 heavy (non-hydrogen) atoms. The molecule has 0 saturated carbocycles. The summed E-state index contributed by atoms with van der Waals surface area (Å²) in [5.74, 6) is 0. The van der Waals surface area contributed by atoms with E-state index in [0.717, 1.165) is 38.8 Å². The number of hydrogen-bond donors (Lipinski definition) is 4. The molecule has 76 valence electrons. The standard InChI is InChI=1S/2C4H12N2/c1-2-3-4(5)6;5-3-1-2-4-6/h4H,2-3,5-6H2,1H3;1-6H2. The Morgan fingerprint density at radius 3 is 1.50 bits per heavy atom. The summed E-state index contributed by atoms with van der Waals surface area (Å²) in [6.45, 7) is 3.61. The second-order valence-electron chi connectivity index (χ2n) is 2.74. The fourth-order valence-corrected chi connectivity index (χ4v) is 0.622. The molecule has 0 atom stereocenters. The van der Waals surface area contributed by atoms with Gasteiger partial charge in [0.05, 0.1) is 6.17 Å². The molecule has 0 rings (SSSR count). The summed E-state index contributed by atoms with van der Waals surface area (Å²) >= 11 is 0. The largest absolute Gasteiger partial charge is 0.330 e. The third kappa shape index (κ3) is 22.5. The first-order valence-corrected chi connectivity index (χ1v) is 4.60. The van der Waals surface area contributed by atoms with E-state index in [4.69, 9.17) is 22.9 Å². The second kappa shape index (κ2) is 13.4. The van der Waals surface area contributed by atoms with E-state index < -0.39 is 0 Å². The maximum absolute atomic E-state index is 5.18. The van der Waals surface area contributed by atoms with E-state index >= 15 is 0 Å². The second-order valence-corrected chi connectivity index (χ2v) is 2.74. The average molecular weight is 176 g/mol. The Balaban J connectivity index is 0. The molecule has 0 aromatic carbocycles. The smallest absolute Gasteiger partial charge is 0.0520 e. The summed E-state index contributed by atoms with van der Waals surface area (Å²) < 4.78 is 0. The maximum Gasteiger partial charge on any atom is 0.0520 e. The maximum atomic E-state index is 5.18. The van der Waals surface area contributed by atoms with Crippen molar-refractivity contribution in [3.8, 4) is 0 Å². The van der Waals surface area contributed by atoms with Crippen LogP contribution in [0, 0.1) is 0 Å². The monoisotopic (exact) mass is 176 g/mol. The van der Waals surface area contributed by atoms with Crippen LogP contribution in [0.25, 0.3) is 0 Å². The highest BCUT2D eigenvalue weighted by Crippen LogP contribution is 1.83. The van der Waals surface area contributed by atoms with Gasteiger partial charge in [-0.25, -0.2) is 0 Å². The Morgan fingerprint density at radius 2 is 1.42 bits per heavy atom. The lowest BCUT2D eigenvalue weighted by Crippen LogP contribution is -2.29. The molecular formula is C8H24N4. The van der Waals surface area contributed by atoms with Crippen LogP contribution >= 0.6 is 0 Å². The predicted molar refractivity (Wildman–Crippen MR) is 54.4 cm³/mol. The van der Waals surface area contributed by atoms with Gasteiger partial charge in [-0.1, -0.05) is 13.3 Å². The Bertz CT molecular complexity index is 62.1. The van der Waals surface area contributed by atoms with Crippen molar-refractivity contribution >= 4 is 0 Å². The van der Waals surface area contributed by atoms with Gasteiger partial charge in [0.1, 0.15) is 0 Å². The molecule has 4 nitrogen and oxygen atoms in total. The highest BCUT2D eigenvalue weighted by molar-refractivity contribution is 4.45. The molecule has 0 aliphatic carbocycles. The van der Waals surface area contributed by atoms with E-state index in [1.165, 1.54) is 0 Å². The number of nitrogens with two attached hydrogens (primary N) is 4. The Kier molecular flexibility index (Phi) is 16.1. The highest BCUT2D eigenvalue weighted by Gasteiger charge is 1.85. The van der Waals surface area contributed by atoms with Crippen molar-refractivity contribution in [1.29, 1.82) is 0 Å². The quantitative estimate of drug-likeness (QED) is 0.341. The molecule has 0 amide bonds. The first-order valence-electron chi connectivity index (χ1n) is 4.60. The fraction of sp³-hybridized carbons (Fsp3) is 1.00.